The second-order valence-corrected chi connectivity index (χ2v) is 4.99. The van der Waals surface area contributed by atoms with Crippen molar-refractivity contribution in [3.05, 3.63) is 18.0 Å². The summed E-state index contributed by atoms with van der Waals surface area (Å²) in [7, 11) is 4.95. The number of carbonyl (C=O) groups excluding carboxylic acids is 1. The van der Waals surface area contributed by atoms with Crippen LogP contribution in [0.15, 0.2) is 12.3 Å². The first kappa shape index (κ1) is 13.5. The number of hydrogen-bond donors (Lipinski definition) is 0. The number of ether oxygens (including phenoxy) is 2. The van der Waals surface area contributed by atoms with E-state index in [2.05, 4.69) is 0 Å². The predicted octanol–water partition coefficient (Wildman–Crippen LogP) is 1.76. The molecule has 0 saturated heterocycles. The Bertz CT molecular complexity index is 433. The van der Waals surface area contributed by atoms with Gasteiger partial charge < -0.3 is 9.47 Å². The van der Waals surface area contributed by atoms with E-state index in [-0.39, 0.29) is 5.78 Å². The standard InChI is InChI=1S/C13H20NO3/c1-13(2,3)12(15)9-7-10(16-5)11(17-6)8-14(9)4/h7-8H,1-6H3/q+1. The van der Waals surface area contributed by atoms with Gasteiger partial charge in [-0.15, -0.1) is 0 Å². The molecule has 0 atom stereocenters. The molecule has 1 aromatic rings. The Balaban J connectivity index is 3.31. The Hall–Kier alpha value is -1.58. The maximum absolute atomic E-state index is 12.2. The molecule has 0 amide bonds. The van der Waals surface area contributed by atoms with Gasteiger partial charge in [-0.25, -0.2) is 0 Å². The second-order valence-electron chi connectivity index (χ2n) is 4.99. The van der Waals surface area contributed by atoms with Crippen molar-refractivity contribution in [2.75, 3.05) is 14.2 Å². The van der Waals surface area contributed by atoms with Crippen LogP contribution in [-0.2, 0) is 7.05 Å². The molecule has 1 rings (SSSR count). The molecular formula is C13H20NO3+. The van der Waals surface area contributed by atoms with Gasteiger partial charge in [0.05, 0.1) is 20.3 Å². The molecule has 4 heteroatoms. The second kappa shape index (κ2) is 4.73. The number of nitrogens with zero attached hydrogens (tertiary/aromatic N) is 1. The van der Waals surface area contributed by atoms with Gasteiger partial charge in [0.15, 0.2) is 5.75 Å². The van der Waals surface area contributed by atoms with Gasteiger partial charge >= 0.3 is 0 Å². The molecule has 0 aromatic carbocycles. The summed E-state index contributed by atoms with van der Waals surface area (Å²) in [6, 6.07) is 1.71. The number of methoxy groups -OCH3 is 2. The summed E-state index contributed by atoms with van der Waals surface area (Å²) in [4.78, 5) is 12.2. The average Bonchev–Trinajstić information content (AvgIpc) is 2.26. The molecule has 0 bridgehead atoms. The van der Waals surface area contributed by atoms with E-state index in [4.69, 9.17) is 9.47 Å². The van der Waals surface area contributed by atoms with Gasteiger partial charge in [0.25, 0.3) is 5.69 Å². The maximum atomic E-state index is 12.2. The highest BCUT2D eigenvalue weighted by Crippen LogP contribution is 2.27. The van der Waals surface area contributed by atoms with Crippen LogP contribution in [0.25, 0.3) is 0 Å². The molecule has 0 saturated carbocycles. The summed E-state index contributed by atoms with van der Waals surface area (Å²) in [6.45, 7) is 5.68. The van der Waals surface area contributed by atoms with E-state index in [0.29, 0.717) is 17.2 Å². The van der Waals surface area contributed by atoms with Crippen molar-refractivity contribution in [2.45, 2.75) is 20.8 Å². The number of Topliss-reactive ketones (excluding diaryl/α,β-unsaturated/α-hetero) is 1. The van der Waals surface area contributed by atoms with Crippen LogP contribution in [0, 0.1) is 5.41 Å². The minimum Gasteiger partial charge on any atom is -0.492 e. The summed E-state index contributed by atoms with van der Waals surface area (Å²) < 4.78 is 12.1. The normalized spacial score (nSPS) is 11.2. The lowest BCUT2D eigenvalue weighted by atomic mass is 9.88. The largest absolute Gasteiger partial charge is 0.492 e. The van der Waals surface area contributed by atoms with Crippen molar-refractivity contribution in [3.8, 4) is 11.5 Å². The number of carbonyl (C=O) groups is 1. The summed E-state index contributed by atoms with van der Waals surface area (Å²) in [6.07, 6.45) is 1.75. The van der Waals surface area contributed by atoms with E-state index in [1.54, 1.807) is 31.0 Å². The van der Waals surface area contributed by atoms with E-state index in [0.717, 1.165) is 0 Å². The highest BCUT2D eigenvalue weighted by Gasteiger charge is 2.31. The van der Waals surface area contributed by atoms with Crippen molar-refractivity contribution in [2.24, 2.45) is 12.5 Å². The summed E-state index contributed by atoms with van der Waals surface area (Å²) in [5.41, 5.74) is 0.187. The summed E-state index contributed by atoms with van der Waals surface area (Å²) in [5.74, 6) is 1.25. The van der Waals surface area contributed by atoms with E-state index in [1.807, 2.05) is 27.8 Å². The van der Waals surface area contributed by atoms with Gasteiger partial charge in [-0.2, -0.15) is 4.57 Å². The molecule has 0 N–H and O–H groups in total. The van der Waals surface area contributed by atoms with Crippen LogP contribution in [0.3, 0.4) is 0 Å². The Labute approximate surface area is 102 Å². The third-order valence-electron chi connectivity index (χ3n) is 2.56. The minimum atomic E-state index is -0.419. The Kier molecular flexibility index (Phi) is 3.76. The fourth-order valence-electron chi connectivity index (χ4n) is 1.53. The van der Waals surface area contributed by atoms with Gasteiger partial charge in [-0.3, -0.25) is 4.79 Å². The van der Waals surface area contributed by atoms with Gasteiger partial charge in [-0.05, 0) is 0 Å². The van der Waals surface area contributed by atoms with E-state index >= 15 is 0 Å². The van der Waals surface area contributed by atoms with Gasteiger partial charge in [-0.1, -0.05) is 20.8 Å². The summed E-state index contributed by atoms with van der Waals surface area (Å²) >= 11 is 0. The smallest absolute Gasteiger partial charge is 0.252 e. The van der Waals surface area contributed by atoms with Crippen molar-refractivity contribution >= 4 is 5.78 Å². The van der Waals surface area contributed by atoms with Crippen LogP contribution in [-0.4, -0.2) is 20.0 Å². The van der Waals surface area contributed by atoms with Crippen LogP contribution in [0.5, 0.6) is 11.5 Å². The number of aryl methyl sites for hydroxylation is 1. The molecule has 0 aliphatic carbocycles. The van der Waals surface area contributed by atoms with Gasteiger partial charge in [0, 0.05) is 5.41 Å². The highest BCUT2D eigenvalue weighted by molar-refractivity contribution is 5.97. The number of aromatic nitrogens is 1. The number of pyridine rings is 1. The minimum absolute atomic E-state index is 0.0703. The van der Waals surface area contributed by atoms with Crippen LogP contribution >= 0.6 is 0 Å². The van der Waals surface area contributed by atoms with Crippen LogP contribution in [0.1, 0.15) is 31.3 Å². The first-order chi connectivity index (χ1) is 7.81. The molecule has 0 aliphatic rings. The molecule has 0 spiro atoms. The first-order valence-corrected chi connectivity index (χ1v) is 5.47. The lowest BCUT2D eigenvalue weighted by molar-refractivity contribution is -0.673. The fourth-order valence-corrected chi connectivity index (χ4v) is 1.53. The first-order valence-electron chi connectivity index (χ1n) is 5.47. The molecule has 0 fully saturated rings. The molecule has 1 aromatic heterocycles. The molecule has 0 aliphatic heterocycles. The number of rotatable bonds is 3. The maximum Gasteiger partial charge on any atom is 0.252 e. The quantitative estimate of drug-likeness (QED) is 0.595. The monoisotopic (exact) mass is 238 g/mol. The van der Waals surface area contributed by atoms with E-state index in [9.17, 15) is 4.79 Å². The zero-order valence-corrected chi connectivity index (χ0v) is 11.3. The predicted molar refractivity (Wildman–Crippen MR) is 64.5 cm³/mol. The Morgan fingerprint density at radius 3 is 2.12 bits per heavy atom. The zero-order chi connectivity index (χ0) is 13.2. The van der Waals surface area contributed by atoms with Crippen LogP contribution in [0.2, 0.25) is 0 Å². The van der Waals surface area contributed by atoms with Crippen LogP contribution in [0.4, 0.5) is 0 Å². The summed E-state index contributed by atoms with van der Waals surface area (Å²) in [5, 5.41) is 0. The SMILES string of the molecule is COc1cc(C(=O)C(C)(C)C)[n+](C)cc1OC. The molecular weight excluding hydrogens is 218 g/mol. The Morgan fingerprint density at radius 1 is 1.18 bits per heavy atom. The topological polar surface area (TPSA) is 39.4 Å². The third-order valence-corrected chi connectivity index (χ3v) is 2.56. The van der Waals surface area contributed by atoms with Gasteiger partial charge in [0.1, 0.15) is 7.05 Å². The Morgan fingerprint density at radius 2 is 1.71 bits per heavy atom. The zero-order valence-electron chi connectivity index (χ0n) is 11.3. The average molecular weight is 238 g/mol. The fraction of sp³-hybridized carbons (Fsp3) is 0.538. The van der Waals surface area contributed by atoms with Crippen LogP contribution < -0.4 is 14.0 Å². The number of ketones is 1. The van der Waals surface area contributed by atoms with Crippen molar-refractivity contribution in [3.63, 3.8) is 0 Å². The molecule has 4 nitrogen and oxygen atoms in total. The lowest BCUT2D eigenvalue weighted by Gasteiger charge is -2.15. The number of hydrogen-bond acceptors (Lipinski definition) is 3. The third kappa shape index (κ3) is 2.75. The van der Waals surface area contributed by atoms with Crippen molar-refractivity contribution in [1.29, 1.82) is 0 Å². The van der Waals surface area contributed by atoms with Gasteiger partial charge in [0.2, 0.25) is 17.7 Å². The van der Waals surface area contributed by atoms with Crippen molar-refractivity contribution < 1.29 is 18.8 Å². The highest BCUT2D eigenvalue weighted by atomic mass is 16.5. The molecule has 0 radical (unpaired) electrons. The molecule has 0 unspecified atom stereocenters. The molecule has 17 heavy (non-hydrogen) atoms. The van der Waals surface area contributed by atoms with E-state index < -0.39 is 5.41 Å². The molecule has 1 heterocycles. The van der Waals surface area contributed by atoms with Crippen molar-refractivity contribution in [1.82, 2.24) is 0 Å². The lowest BCUT2D eigenvalue weighted by Crippen LogP contribution is -2.39. The van der Waals surface area contributed by atoms with E-state index in [1.165, 1.54) is 0 Å². The molecule has 94 valence electrons.